The molecule has 0 aromatic heterocycles. The van der Waals surface area contributed by atoms with Crippen LogP contribution in [0.25, 0.3) is 0 Å². The van der Waals surface area contributed by atoms with Gasteiger partial charge in [-0.1, -0.05) is 12.8 Å². The second kappa shape index (κ2) is 9.15. The molecule has 112 valence electrons. The van der Waals surface area contributed by atoms with Gasteiger partial charge in [-0.25, -0.2) is 0 Å². The van der Waals surface area contributed by atoms with Crippen LogP contribution in [-0.4, -0.2) is 46.0 Å². The van der Waals surface area contributed by atoms with Crippen molar-refractivity contribution in [3.05, 3.63) is 0 Å². The minimum Gasteiger partial charge on any atom is -0.383 e. The summed E-state index contributed by atoms with van der Waals surface area (Å²) in [4.78, 5) is 4.50. The highest BCUT2D eigenvalue weighted by Crippen LogP contribution is 2.41. The lowest BCUT2D eigenvalue weighted by molar-refractivity contribution is 0.107. The second-order valence-electron chi connectivity index (χ2n) is 5.28. The standard InChI is InChI=1S/C14H29N3O2/c1-3-19-10-8-14(6-4-5-7-14)12-17-13(15)16-9-11-18-2/h3-12H2,1-2H3,(H3,15,16,17). The van der Waals surface area contributed by atoms with E-state index >= 15 is 0 Å². The predicted molar refractivity (Wildman–Crippen MR) is 78.4 cm³/mol. The fourth-order valence-electron chi connectivity index (χ4n) is 2.64. The Morgan fingerprint density at radius 3 is 2.68 bits per heavy atom. The van der Waals surface area contributed by atoms with Crippen LogP contribution in [0.5, 0.6) is 0 Å². The van der Waals surface area contributed by atoms with E-state index in [2.05, 4.69) is 10.3 Å². The van der Waals surface area contributed by atoms with Crippen molar-refractivity contribution in [2.24, 2.45) is 16.1 Å². The van der Waals surface area contributed by atoms with Crippen molar-refractivity contribution in [2.45, 2.75) is 39.0 Å². The Morgan fingerprint density at radius 2 is 2.05 bits per heavy atom. The third-order valence-electron chi connectivity index (χ3n) is 3.84. The third-order valence-corrected chi connectivity index (χ3v) is 3.84. The van der Waals surface area contributed by atoms with Gasteiger partial charge < -0.3 is 20.5 Å². The van der Waals surface area contributed by atoms with Crippen molar-refractivity contribution in [1.29, 1.82) is 0 Å². The lowest BCUT2D eigenvalue weighted by Gasteiger charge is -2.27. The topological polar surface area (TPSA) is 68.9 Å². The summed E-state index contributed by atoms with van der Waals surface area (Å²) in [5.41, 5.74) is 6.17. The smallest absolute Gasteiger partial charge is 0.188 e. The maximum atomic E-state index is 5.86. The minimum absolute atomic E-state index is 0.308. The molecule has 0 heterocycles. The fourth-order valence-corrected chi connectivity index (χ4v) is 2.64. The van der Waals surface area contributed by atoms with Crippen molar-refractivity contribution < 1.29 is 9.47 Å². The molecule has 0 aliphatic heterocycles. The van der Waals surface area contributed by atoms with Gasteiger partial charge in [0.2, 0.25) is 0 Å². The van der Waals surface area contributed by atoms with Gasteiger partial charge in [0.1, 0.15) is 0 Å². The molecule has 0 atom stereocenters. The fraction of sp³-hybridized carbons (Fsp3) is 0.929. The zero-order valence-corrected chi connectivity index (χ0v) is 12.4. The summed E-state index contributed by atoms with van der Waals surface area (Å²) in [6, 6.07) is 0. The van der Waals surface area contributed by atoms with Crippen LogP contribution < -0.4 is 11.1 Å². The number of guanidine groups is 1. The van der Waals surface area contributed by atoms with Crippen LogP contribution in [0.4, 0.5) is 0 Å². The van der Waals surface area contributed by atoms with Crippen LogP contribution in [0.2, 0.25) is 0 Å². The summed E-state index contributed by atoms with van der Waals surface area (Å²) < 4.78 is 10.5. The van der Waals surface area contributed by atoms with Gasteiger partial charge in [0.05, 0.1) is 6.61 Å². The van der Waals surface area contributed by atoms with Gasteiger partial charge in [-0.3, -0.25) is 4.99 Å². The molecule has 5 nitrogen and oxygen atoms in total. The SMILES string of the molecule is CCOCCC1(CN=C(N)NCCOC)CCCC1. The van der Waals surface area contributed by atoms with E-state index in [4.69, 9.17) is 15.2 Å². The molecule has 5 heteroatoms. The molecule has 1 aliphatic rings. The summed E-state index contributed by atoms with van der Waals surface area (Å²) in [5, 5.41) is 3.06. The lowest BCUT2D eigenvalue weighted by Crippen LogP contribution is -2.35. The van der Waals surface area contributed by atoms with Gasteiger partial charge in [-0.2, -0.15) is 0 Å². The van der Waals surface area contributed by atoms with Crippen LogP contribution in [0, 0.1) is 5.41 Å². The number of hydrogen-bond acceptors (Lipinski definition) is 3. The van der Waals surface area contributed by atoms with E-state index < -0.39 is 0 Å². The summed E-state index contributed by atoms with van der Waals surface area (Å²) >= 11 is 0. The van der Waals surface area contributed by atoms with E-state index in [1.165, 1.54) is 25.7 Å². The van der Waals surface area contributed by atoms with Crippen LogP contribution >= 0.6 is 0 Å². The normalized spacial score (nSPS) is 18.7. The van der Waals surface area contributed by atoms with E-state index in [0.717, 1.165) is 26.2 Å². The quantitative estimate of drug-likeness (QED) is 0.379. The highest BCUT2D eigenvalue weighted by molar-refractivity contribution is 5.77. The first-order valence-corrected chi connectivity index (χ1v) is 7.33. The maximum absolute atomic E-state index is 5.86. The van der Waals surface area contributed by atoms with Crippen molar-refractivity contribution in [2.75, 3.05) is 40.0 Å². The van der Waals surface area contributed by atoms with Gasteiger partial charge >= 0.3 is 0 Å². The average molecular weight is 271 g/mol. The number of rotatable bonds is 9. The molecule has 1 aliphatic carbocycles. The summed E-state index contributed by atoms with van der Waals surface area (Å²) in [5.74, 6) is 0.528. The molecular formula is C14H29N3O2. The third kappa shape index (κ3) is 6.25. The van der Waals surface area contributed by atoms with Gasteiger partial charge in [0.15, 0.2) is 5.96 Å². The van der Waals surface area contributed by atoms with Crippen molar-refractivity contribution >= 4 is 5.96 Å². The Bertz CT molecular complexity index is 263. The van der Waals surface area contributed by atoms with E-state index in [-0.39, 0.29) is 0 Å². The Kier molecular flexibility index (Phi) is 7.82. The highest BCUT2D eigenvalue weighted by Gasteiger charge is 2.33. The first-order valence-electron chi connectivity index (χ1n) is 7.33. The molecule has 0 amide bonds. The Morgan fingerprint density at radius 1 is 1.32 bits per heavy atom. The summed E-state index contributed by atoms with van der Waals surface area (Å²) in [7, 11) is 1.68. The molecule has 1 saturated carbocycles. The molecule has 0 unspecified atom stereocenters. The molecule has 0 radical (unpaired) electrons. The number of nitrogens with two attached hydrogens (primary N) is 1. The minimum atomic E-state index is 0.308. The zero-order chi connectivity index (χ0) is 14.0. The maximum Gasteiger partial charge on any atom is 0.188 e. The van der Waals surface area contributed by atoms with E-state index in [0.29, 0.717) is 24.5 Å². The molecule has 0 aromatic carbocycles. The van der Waals surface area contributed by atoms with Crippen molar-refractivity contribution in [3.63, 3.8) is 0 Å². The summed E-state index contributed by atoms with van der Waals surface area (Å²) in [6.07, 6.45) is 6.19. The predicted octanol–water partition coefficient (Wildman–Crippen LogP) is 1.52. The molecular weight excluding hydrogens is 242 g/mol. The Hall–Kier alpha value is -0.810. The number of hydrogen-bond donors (Lipinski definition) is 2. The number of methoxy groups -OCH3 is 1. The number of aliphatic imine (C=N–C) groups is 1. The van der Waals surface area contributed by atoms with Crippen molar-refractivity contribution in [3.8, 4) is 0 Å². The van der Waals surface area contributed by atoms with Crippen LogP contribution in [0.15, 0.2) is 4.99 Å². The van der Waals surface area contributed by atoms with Gasteiger partial charge in [0, 0.05) is 33.4 Å². The Balaban J connectivity index is 2.37. The molecule has 19 heavy (non-hydrogen) atoms. The molecule has 1 rings (SSSR count). The lowest BCUT2D eigenvalue weighted by atomic mass is 9.83. The molecule has 3 N–H and O–H groups in total. The monoisotopic (exact) mass is 271 g/mol. The zero-order valence-electron chi connectivity index (χ0n) is 12.4. The van der Waals surface area contributed by atoms with E-state index in [1.807, 2.05) is 6.92 Å². The molecule has 0 aromatic rings. The van der Waals surface area contributed by atoms with Crippen LogP contribution in [0.3, 0.4) is 0 Å². The number of nitrogens with one attached hydrogen (secondary N) is 1. The van der Waals surface area contributed by atoms with Gasteiger partial charge in [-0.15, -0.1) is 0 Å². The molecule has 0 spiro atoms. The largest absolute Gasteiger partial charge is 0.383 e. The molecule has 0 saturated heterocycles. The average Bonchev–Trinajstić information content (AvgIpc) is 2.87. The number of nitrogens with zero attached hydrogens (tertiary/aromatic N) is 1. The second-order valence-corrected chi connectivity index (χ2v) is 5.28. The molecule has 1 fully saturated rings. The summed E-state index contributed by atoms with van der Waals surface area (Å²) in [6.45, 7) is 5.83. The van der Waals surface area contributed by atoms with E-state index in [1.54, 1.807) is 7.11 Å². The van der Waals surface area contributed by atoms with Crippen molar-refractivity contribution in [1.82, 2.24) is 5.32 Å². The van der Waals surface area contributed by atoms with Gasteiger partial charge in [0.25, 0.3) is 0 Å². The van der Waals surface area contributed by atoms with Gasteiger partial charge in [-0.05, 0) is 31.6 Å². The Labute approximate surface area is 116 Å². The van der Waals surface area contributed by atoms with E-state index in [9.17, 15) is 0 Å². The molecule has 0 bridgehead atoms. The van der Waals surface area contributed by atoms with Crippen LogP contribution in [-0.2, 0) is 9.47 Å². The van der Waals surface area contributed by atoms with Crippen LogP contribution in [0.1, 0.15) is 39.0 Å². The number of ether oxygens (including phenoxy) is 2. The first-order chi connectivity index (χ1) is 9.22. The first kappa shape index (κ1) is 16.2. The highest BCUT2D eigenvalue weighted by atomic mass is 16.5.